The lowest BCUT2D eigenvalue weighted by atomic mass is 10.3. The summed E-state index contributed by atoms with van der Waals surface area (Å²) >= 11 is 0.594. The molecule has 0 aliphatic carbocycles. The molecule has 13 heteroatoms. The fourth-order valence-electron chi connectivity index (χ4n) is 1.65. The van der Waals surface area contributed by atoms with Gasteiger partial charge in [0.25, 0.3) is 5.82 Å². The highest BCUT2D eigenvalue weighted by Gasteiger charge is 2.38. The average Bonchev–Trinajstić information content (AvgIpc) is 2.88. The van der Waals surface area contributed by atoms with Crippen LogP contribution in [0.1, 0.15) is 5.82 Å². The highest BCUT2D eigenvalue weighted by molar-refractivity contribution is 7.99. The van der Waals surface area contributed by atoms with Crippen LogP contribution in [0.25, 0.3) is 0 Å². The monoisotopic (exact) mass is 383 g/mol. The number of hydrogen-bond acceptors (Lipinski definition) is 6. The number of nitrogens with zero attached hydrogens (tertiary/aromatic N) is 3. The SMILES string of the molecule is Nn1c(SCC(=O)Nc2ccccc2OC(F)F)nnc1C(F)(F)F. The van der Waals surface area contributed by atoms with Gasteiger partial charge in [-0.15, -0.1) is 10.2 Å². The first-order valence-electron chi connectivity index (χ1n) is 6.42. The first-order valence-corrected chi connectivity index (χ1v) is 7.41. The van der Waals surface area contributed by atoms with E-state index in [1.54, 1.807) is 0 Å². The van der Waals surface area contributed by atoms with Gasteiger partial charge in [-0.1, -0.05) is 23.9 Å². The van der Waals surface area contributed by atoms with Crippen LogP contribution in [0.2, 0.25) is 0 Å². The Morgan fingerprint density at radius 3 is 2.60 bits per heavy atom. The maximum atomic E-state index is 12.5. The van der Waals surface area contributed by atoms with Crippen molar-refractivity contribution in [2.24, 2.45) is 0 Å². The smallest absolute Gasteiger partial charge is 0.433 e. The number of thioether (sulfide) groups is 1. The van der Waals surface area contributed by atoms with Crippen molar-refractivity contribution in [2.75, 3.05) is 16.9 Å². The molecule has 0 spiro atoms. The van der Waals surface area contributed by atoms with E-state index in [0.717, 1.165) is 0 Å². The van der Waals surface area contributed by atoms with Crippen LogP contribution in [0.15, 0.2) is 29.4 Å². The van der Waals surface area contributed by atoms with Gasteiger partial charge in [-0.05, 0) is 12.1 Å². The van der Waals surface area contributed by atoms with Crippen molar-refractivity contribution in [2.45, 2.75) is 17.9 Å². The van der Waals surface area contributed by atoms with E-state index in [1.807, 2.05) is 0 Å². The van der Waals surface area contributed by atoms with Crippen LogP contribution in [-0.4, -0.2) is 33.1 Å². The second kappa shape index (κ2) is 7.55. The van der Waals surface area contributed by atoms with Gasteiger partial charge in [0.15, 0.2) is 0 Å². The summed E-state index contributed by atoms with van der Waals surface area (Å²) in [7, 11) is 0. The quantitative estimate of drug-likeness (QED) is 0.452. The third-order valence-corrected chi connectivity index (χ3v) is 3.57. The minimum absolute atomic E-state index is 0.0152. The Hall–Kier alpha value is -2.57. The second-order valence-corrected chi connectivity index (χ2v) is 5.33. The topological polar surface area (TPSA) is 95.1 Å². The molecule has 2 rings (SSSR count). The molecule has 0 aliphatic heterocycles. The molecular formula is C12H10F5N5O2S. The molecule has 136 valence electrons. The summed E-state index contributed by atoms with van der Waals surface area (Å²) in [6, 6.07) is 5.46. The van der Waals surface area contributed by atoms with Crippen LogP contribution in [0.5, 0.6) is 5.75 Å². The molecule has 0 fully saturated rings. The number of carbonyl (C=O) groups is 1. The fraction of sp³-hybridized carbons (Fsp3) is 0.250. The average molecular weight is 383 g/mol. The summed E-state index contributed by atoms with van der Waals surface area (Å²) < 4.78 is 66.6. The lowest BCUT2D eigenvalue weighted by Crippen LogP contribution is -2.22. The molecule has 0 atom stereocenters. The molecule has 1 heterocycles. The Labute approximate surface area is 141 Å². The number of hydrogen-bond donors (Lipinski definition) is 2. The van der Waals surface area contributed by atoms with Crippen LogP contribution in [0.4, 0.5) is 27.6 Å². The molecule has 3 N–H and O–H groups in total. The zero-order chi connectivity index (χ0) is 18.6. The number of rotatable bonds is 6. The largest absolute Gasteiger partial charge is 0.453 e. The van der Waals surface area contributed by atoms with E-state index in [4.69, 9.17) is 5.84 Å². The van der Waals surface area contributed by atoms with Gasteiger partial charge in [0.2, 0.25) is 11.1 Å². The van der Waals surface area contributed by atoms with Gasteiger partial charge < -0.3 is 15.9 Å². The minimum atomic E-state index is -4.78. The van der Waals surface area contributed by atoms with Crippen molar-refractivity contribution in [1.29, 1.82) is 0 Å². The molecule has 7 nitrogen and oxygen atoms in total. The standard InChI is InChI=1S/C12H10F5N5O2S/c13-10(14)24-7-4-2-1-3-6(7)19-8(23)5-25-11-21-20-9(22(11)18)12(15,16)17/h1-4,10H,5,18H2,(H,19,23). The highest BCUT2D eigenvalue weighted by Crippen LogP contribution is 2.29. The van der Waals surface area contributed by atoms with E-state index in [9.17, 15) is 26.7 Å². The number of amides is 1. The summed E-state index contributed by atoms with van der Waals surface area (Å²) in [6.07, 6.45) is -4.78. The molecule has 0 radical (unpaired) electrons. The van der Waals surface area contributed by atoms with Crippen molar-refractivity contribution >= 4 is 23.4 Å². The molecule has 1 aromatic carbocycles. The van der Waals surface area contributed by atoms with Gasteiger partial charge in [-0.25, -0.2) is 4.68 Å². The number of ether oxygens (including phenoxy) is 1. The van der Waals surface area contributed by atoms with Gasteiger partial charge >= 0.3 is 12.8 Å². The highest BCUT2D eigenvalue weighted by atomic mass is 32.2. The predicted octanol–water partition coefficient (Wildman–Crippen LogP) is 2.34. The Bertz CT molecular complexity index is 752. The lowest BCUT2D eigenvalue weighted by Gasteiger charge is -2.11. The van der Waals surface area contributed by atoms with E-state index in [1.165, 1.54) is 24.3 Å². The number of halogens is 5. The Morgan fingerprint density at radius 1 is 1.32 bits per heavy atom. The van der Waals surface area contributed by atoms with Crippen LogP contribution in [0, 0.1) is 0 Å². The summed E-state index contributed by atoms with van der Waals surface area (Å²) in [5.41, 5.74) is -0.0152. The fourth-order valence-corrected chi connectivity index (χ4v) is 2.31. The van der Waals surface area contributed by atoms with E-state index < -0.39 is 24.5 Å². The zero-order valence-electron chi connectivity index (χ0n) is 12.1. The molecule has 0 bridgehead atoms. The zero-order valence-corrected chi connectivity index (χ0v) is 12.9. The summed E-state index contributed by atoms with van der Waals surface area (Å²) in [4.78, 5) is 11.8. The van der Waals surface area contributed by atoms with Crippen molar-refractivity contribution in [3.05, 3.63) is 30.1 Å². The maximum absolute atomic E-state index is 12.5. The Balaban J connectivity index is 1.99. The molecule has 0 unspecified atom stereocenters. The van der Waals surface area contributed by atoms with Gasteiger partial charge in [0, 0.05) is 0 Å². The normalized spacial score (nSPS) is 11.6. The molecule has 1 aromatic heterocycles. The first-order chi connectivity index (χ1) is 11.7. The number of alkyl halides is 5. The second-order valence-electron chi connectivity index (χ2n) is 4.39. The molecular weight excluding hydrogens is 373 g/mol. The number of para-hydroxylation sites is 2. The van der Waals surface area contributed by atoms with Crippen molar-refractivity contribution in [3.63, 3.8) is 0 Å². The molecule has 0 aliphatic rings. The number of nitrogens with one attached hydrogen (secondary N) is 1. The van der Waals surface area contributed by atoms with Crippen LogP contribution in [0.3, 0.4) is 0 Å². The summed E-state index contributed by atoms with van der Waals surface area (Å²) in [5.74, 6) is 2.49. The van der Waals surface area contributed by atoms with Crippen molar-refractivity contribution in [1.82, 2.24) is 14.9 Å². The van der Waals surface area contributed by atoms with Gasteiger partial charge in [0.1, 0.15) is 5.75 Å². The number of nitrogen functional groups attached to an aromatic ring is 1. The third-order valence-electron chi connectivity index (χ3n) is 2.63. The van der Waals surface area contributed by atoms with E-state index in [2.05, 4.69) is 20.3 Å². The van der Waals surface area contributed by atoms with Gasteiger partial charge in [0.05, 0.1) is 11.4 Å². The lowest BCUT2D eigenvalue weighted by molar-refractivity contribution is -0.146. The first kappa shape index (κ1) is 18.8. The summed E-state index contributed by atoms with van der Waals surface area (Å²) in [6.45, 7) is -3.08. The maximum Gasteiger partial charge on any atom is 0.453 e. The number of nitrogens with two attached hydrogens (primary N) is 1. The van der Waals surface area contributed by atoms with Crippen LogP contribution in [-0.2, 0) is 11.0 Å². The van der Waals surface area contributed by atoms with Crippen LogP contribution < -0.4 is 15.9 Å². The molecule has 1 amide bonds. The summed E-state index contributed by atoms with van der Waals surface area (Å²) in [5, 5.41) is 8.12. The van der Waals surface area contributed by atoms with Crippen LogP contribution >= 0.6 is 11.8 Å². The predicted molar refractivity (Wildman–Crippen MR) is 77.6 cm³/mol. The molecule has 0 saturated carbocycles. The third kappa shape index (κ3) is 4.95. The molecule has 25 heavy (non-hydrogen) atoms. The van der Waals surface area contributed by atoms with E-state index in [0.29, 0.717) is 11.8 Å². The number of benzene rings is 1. The Morgan fingerprint density at radius 2 is 2.00 bits per heavy atom. The van der Waals surface area contributed by atoms with Crippen molar-refractivity contribution < 1.29 is 31.5 Å². The van der Waals surface area contributed by atoms with E-state index >= 15 is 0 Å². The molecule has 2 aromatic rings. The number of anilines is 1. The Kier molecular flexibility index (Phi) is 5.66. The van der Waals surface area contributed by atoms with Gasteiger partial charge in [-0.2, -0.15) is 22.0 Å². The number of aromatic nitrogens is 3. The molecule has 0 saturated heterocycles. The number of carbonyl (C=O) groups excluding carboxylic acids is 1. The van der Waals surface area contributed by atoms with Crippen molar-refractivity contribution in [3.8, 4) is 5.75 Å². The van der Waals surface area contributed by atoms with Gasteiger partial charge in [-0.3, -0.25) is 4.79 Å². The minimum Gasteiger partial charge on any atom is -0.433 e. The van der Waals surface area contributed by atoms with E-state index in [-0.39, 0.29) is 27.0 Å².